The highest BCUT2D eigenvalue weighted by Crippen LogP contribution is 2.36. The second-order valence-electron chi connectivity index (χ2n) is 7.62. The maximum absolute atomic E-state index is 13.4. The number of hydrogen-bond acceptors (Lipinski definition) is 4. The highest BCUT2D eigenvalue weighted by molar-refractivity contribution is 6.32. The fourth-order valence-corrected chi connectivity index (χ4v) is 4.46. The molecule has 0 bridgehead atoms. The number of rotatable bonds is 4. The summed E-state index contributed by atoms with van der Waals surface area (Å²) in [6.07, 6.45) is -0.289. The van der Waals surface area contributed by atoms with Gasteiger partial charge in [0.1, 0.15) is 5.75 Å². The number of methoxy groups -OCH3 is 1. The van der Waals surface area contributed by atoms with Crippen molar-refractivity contribution in [2.24, 2.45) is 4.99 Å². The molecule has 32 heavy (non-hydrogen) atoms. The lowest BCUT2D eigenvalue weighted by molar-refractivity contribution is -0.120. The van der Waals surface area contributed by atoms with E-state index in [-0.39, 0.29) is 5.91 Å². The number of nitrogens with one attached hydrogen (secondary N) is 1. The Morgan fingerprint density at radius 3 is 2.69 bits per heavy atom. The molecule has 1 N–H and O–H groups in total. The first-order valence-electron chi connectivity index (χ1n) is 10.3. The number of amides is 2. The Morgan fingerprint density at radius 2 is 1.94 bits per heavy atom. The van der Waals surface area contributed by atoms with Crippen molar-refractivity contribution < 1.29 is 14.3 Å². The van der Waals surface area contributed by atoms with Gasteiger partial charge in [0.15, 0.2) is 0 Å². The summed E-state index contributed by atoms with van der Waals surface area (Å²) in [7, 11) is 1.51. The molecule has 0 radical (unpaired) electrons. The first-order valence-corrected chi connectivity index (χ1v) is 10.7. The Kier molecular flexibility index (Phi) is 5.15. The second-order valence-corrected chi connectivity index (χ2v) is 8.03. The Bertz CT molecular complexity index is 1260. The molecule has 1 atom stereocenters. The number of benzene rings is 3. The van der Waals surface area contributed by atoms with Crippen molar-refractivity contribution >= 4 is 34.8 Å². The van der Waals surface area contributed by atoms with Crippen molar-refractivity contribution in [3.63, 3.8) is 0 Å². The molecule has 0 saturated heterocycles. The molecule has 0 aromatic heterocycles. The Morgan fingerprint density at radius 1 is 1.12 bits per heavy atom. The third-order valence-electron chi connectivity index (χ3n) is 5.74. The molecule has 5 rings (SSSR count). The molecule has 7 heteroatoms. The minimum absolute atomic E-state index is 0.255. The number of halogens is 1. The molecule has 0 spiro atoms. The van der Waals surface area contributed by atoms with Gasteiger partial charge in [-0.25, -0.2) is 4.99 Å². The van der Waals surface area contributed by atoms with Crippen LogP contribution in [-0.2, 0) is 11.2 Å². The third-order valence-corrected chi connectivity index (χ3v) is 6.03. The monoisotopic (exact) mass is 445 g/mol. The van der Waals surface area contributed by atoms with Gasteiger partial charge in [-0.05, 0) is 30.2 Å². The molecule has 1 unspecified atom stereocenters. The van der Waals surface area contributed by atoms with Crippen LogP contribution in [0, 0.1) is 0 Å². The van der Waals surface area contributed by atoms with Gasteiger partial charge in [0.2, 0.25) is 6.17 Å². The zero-order valence-corrected chi connectivity index (χ0v) is 18.1. The molecule has 0 fully saturated rings. The normalized spacial score (nSPS) is 16.8. The quantitative estimate of drug-likeness (QED) is 0.663. The summed E-state index contributed by atoms with van der Waals surface area (Å²) in [4.78, 5) is 32.9. The van der Waals surface area contributed by atoms with Gasteiger partial charge in [0.05, 0.1) is 23.5 Å². The van der Waals surface area contributed by atoms with Gasteiger partial charge in [-0.3, -0.25) is 9.59 Å². The van der Waals surface area contributed by atoms with Gasteiger partial charge < -0.3 is 15.0 Å². The lowest BCUT2D eigenvalue weighted by Gasteiger charge is -2.21. The van der Waals surface area contributed by atoms with Crippen LogP contribution in [0.1, 0.15) is 27.0 Å². The SMILES string of the molecule is COc1ccc(C(=O)NC2N=C(c3ccccc3)c3cccc4c3N(CC4)C2=O)cc1Cl. The standard InChI is InChI=1S/C25H20ClN3O3/c1-32-20-11-10-17(14-19(20)26)24(30)28-23-25(31)29-13-12-16-8-5-9-18(22(16)29)21(27-23)15-6-3-2-4-7-15/h2-11,14,23H,12-13H2,1H3,(H,28,30). The Labute approximate surface area is 190 Å². The van der Waals surface area contributed by atoms with E-state index in [1.54, 1.807) is 17.0 Å². The van der Waals surface area contributed by atoms with Crippen LogP contribution >= 0.6 is 11.6 Å². The van der Waals surface area contributed by atoms with Gasteiger partial charge in [0, 0.05) is 23.2 Å². The zero-order valence-electron chi connectivity index (χ0n) is 17.3. The molecule has 2 aliphatic rings. The third kappa shape index (κ3) is 3.42. The first kappa shape index (κ1) is 20.3. The van der Waals surface area contributed by atoms with E-state index in [0.717, 1.165) is 28.8 Å². The fourth-order valence-electron chi connectivity index (χ4n) is 4.20. The van der Waals surface area contributed by atoms with E-state index in [0.29, 0.717) is 28.6 Å². The van der Waals surface area contributed by atoms with Gasteiger partial charge in [0.25, 0.3) is 11.8 Å². The summed E-state index contributed by atoms with van der Waals surface area (Å²) < 4.78 is 5.15. The van der Waals surface area contributed by atoms with Gasteiger partial charge in [-0.2, -0.15) is 0 Å². The molecular weight excluding hydrogens is 426 g/mol. The largest absolute Gasteiger partial charge is 0.495 e. The number of ether oxygens (including phenoxy) is 1. The maximum atomic E-state index is 13.4. The van der Waals surface area contributed by atoms with Crippen LogP contribution < -0.4 is 15.0 Å². The van der Waals surface area contributed by atoms with Crippen LogP contribution in [0.25, 0.3) is 0 Å². The minimum Gasteiger partial charge on any atom is -0.495 e. The van der Waals surface area contributed by atoms with Crippen LogP contribution in [0.2, 0.25) is 5.02 Å². The highest BCUT2D eigenvalue weighted by atomic mass is 35.5. The van der Waals surface area contributed by atoms with E-state index in [9.17, 15) is 9.59 Å². The van der Waals surface area contributed by atoms with E-state index in [2.05, 4.69) is 5.32 Å². The minimum atomic E-state index is -1.06. The molecule has 6 nitrogen and oxygen atoms in total. The van der Waals surface area contributed by atoms with E-state index in [4.69, 9.17) is 21.3 Å². The average Bonchev–Trinajstić information content (AvgIpc) is 3.21. The van der Waals surface area contributed by atoms with Crippen molar-refractivity contribution in [2.45, 2.75) is 12.6 Å². The second kappa shape index (κ2) is 8.13. The summed E-state index contributed by atoms with van der Waals surface area (Å²) in [5.74, 6) is -0.220. The number of carbonyl (C=O) groups is 2. The molecule has 2 heterocycles. The number of hydrogen-bond donors (Lipinski definition) is 1. The average molecular weight is 446 g/mol. The predicted molar refractivity (Wildman–Crippen MR) is 124 cm³/mol. The summed E-state index contributed by atoms with van der Waals surface area (Å²) in [5.41, 5.74) is 4.76. The van der Waals surface area contributed by atoms with Crippen LogP contribution in [0.3, 0.4) is 0 Å². The van der Waals surface area contributed by atoms with Crippen molar-refractivity contribution in [1.29, 1.82) is 0 Å². The van der Waals surface area contributed by atoms with Crippen molar-refractivity contribution in [3.8, 4) is 5.75 Å². The summed E-state index contributed by atoms with van der Waals surface area (Å²) in [6.45, 7) is 0.559. The molecule has 3 aromatic carbocycles. The molecule has 2 aliphatic heterocycles. The zero-order chi connectivity index (χ0) is 22.2. The van der Waals surface area contributed by atoms with E-state index in [1.807, 2.05) is 48.5 Å². The smallest absolute Gasteiger partial charge is 0.272 e. The molecule has 160 valence electrons. The molecular formula is C25H20ClN3O3. The number of para-hydroxylation sites is 1. The van der Waals surface area contributed by atoms with Gasteiger partial charge in [-0.1, -0.05) is 60.1 Å². The Hall–Kier alpha value is -3.64. The molecule has 0 saturated carbocycles. The number of anilines is 1. The van der Waals surface area contributed by atoms with Gasteiger partial charge >= 0.3 is 0 Å². The Balaban J connectivity index is 1.56. The van der Waals surface area contributed by atoms with Crippen LogP contribution in [-0.4, -0.2) is 37.3 Å². The number of aliphatic imine (C=N–C) groups is 1. The van der Waals surface area contributed by atoms with Gasteiger partial charge in [-0.15, -0.1) is 0 Å². The summed E-state index contributed by atoms with van der Waals surface area (Å²) in [6, 6.07) is 20.4. The number of nitrogens with zero attached hydrogens (tertiary/aromatic N) is 2. The van der Waals surface area contributed by atoms with Crippen LogP contribution in [0.15, 0.2) is 71.7 Å². The number of carbonyl (C=O) groups excluding carboxylic acids is 2. The van der Waals surface area contributed by atoms with E-state index < -0.39 is 12.1 Å². The van der Waals surface area contributed by atoms with Crippen molar-refractivity contribution in [1.82, 2.24) is 5.32 Å². The molecule has 2 amide bonds. The van der Waals surface area contributed by atoms with Crippen LogP contribution in [0.5, 0.6) is 5.75 Å². The molecule has 3 aromatic rings. The fraction of sp³-hybridized carbons (Fsp3) is 0.160. The lowest BCUT2D eigenvalue weighted by Crippen LogP contribution is -2.47. The predicted octanol–water partition coefficient (Wildman–Crippen LogP) is 3.84. The van der Waals surface area contributed by atoms with Crippen LogP contribution in [0.4, 0.5) is 5.69 Å². The molecule has 0 aliphatic carbocycles. The summed E-state index contributed by atoms with van der Waals surface area (Å²) in [5, 5.41) is 3.11. The summed E-state index contributed by atoms with van der Waals surface area (Å²) >= 11 is 6.18. The van der Waals surface area contributed by atoms with Crippen molar-refractivity contribution in [3.05, 3.63) is 94.0 Å². The first-order chi connectivity index (χ1) is 15.6. The highest BCUT2D eigenvalue weighted by Gasteiger charge is 2.37. The lowest BCUT2D eigenvalue weighted by atomic mass is 9.98. The topological polar surface area (TPSA) is 71.0 Å². The van der Waals surface area contributed by atoms with Crippen molar-refractivity contribution in [2.75, 3.05) is 18.6 Å². The van der Waals surface area contributed by atoms with E-state index in [1.165, 1.54) is 13.2 Å². The van der Waals surface area contributed by atoms with E-state index >= 15 is 0 Å². The maximum Gasteiger partial charge on any atom is 0.272 e.